The molecule has 0 aliphatic heterocycles. The average Bonchev–Trinajstić information content (AvgIpc) is 2.70. The molecule has 3 aromatic rings. The molecule has 0 aliphatic rings. The van der Waals surface area contributed by atoms with Crippen LogP contribution in [0.15, 0.2) is 65.8 Å². The van der Waals surface area contributed by atoms with Crippen molar-refractivity contribution in [2.45, 2.75) is 11.8 Å². The van der Waals surface area contributed by atoms with Gasteiger partial charge < -0.3 is 15.7 Å². The highest BCUT2D eigenvalue weighted by atomic mass is 32.2. The first kappa shape index (κ1) is 21.1. The van der Waals surface area contributed by atoms with Crippen LogP contribution in [0.3, 0.4) is 0 Å². The molecular formula is C19H17N5O4S2. The highest BCUT2D eigenvalue weighted by Gasteiger charge is 2.15. The summed E-state index contributed by atoms with van der Waals surface area (Å²) in [7, 11) is -3.83. The van der Waals surface area contributed by atoms with Crippen molar-refractivity contribution in [3.63, 3.8) is 0 Å². The maximum Gasteiger partial charge on any atom is 0.335 e. The van der Waals surface area contributed by atoms with Crippen LogP contribution in [0.4, 0.5) is 17.3 Å². The number of carbonyl (C=O) groups is 1. The predicted molar refractivity (Wildman–Crippen MR) is 117 cm³/mol. The molecule has 0 saturated heterocycles. The van der Waals surface area contributed by atoms with E-state index in [1.54, 1.807) is 24.3 Å². The third-order valence-electron chi connectivity index (χ3n) is 3.95. The number of carboxylic acids is 1. The zero-order valence-electron chi connectivity index (χ0n) is 15.7. The maximum absolute atomic E-state index is 12.4. The van der Waals surface area contributed by atoms with Crippen molar-refractivity contribution in [3.8, 4) is 0 Å². The summed E-state index contributed by atoms with van der Waals surface area (Å²) in [6.45, 7) is 1.82. The van der Waals surface area contributed by atoms with E-state index in [9.17, 15) is 13.2 Å². The van der Waals surface area contributed by atoms with Crippen LogP contribution < -0.4 is 15.4 Å². The van der Waals surface area contributed by atoms with Crippen LogP contribution in [-0.4, -0.2) is 34.6 Å². The number of aromatic carboxylic acids is 1. The van der Waals surface area contributed by atoms with E-state index in [0.29, 0.717) is 11.4 Å². The first-order valence-electron chi connectivity index (χ1n) is 8.56. The zero-order valence-corrected chi connectivity index (χ0v) is 17.3. The first-order valence-corrected chi connectivity index (χ1v) is 10.5. The number of anilines is 3. The molecule has 154 valence electrons. The van der Waals surface area contributed by atoms with Gasteiger partial charge in [0.1, 0.15) is 0 Å². The zero-order chi connectivity index (χ0) is 21.7. The molecule has 9 nitrogen and oxygen atoms in total. The van der Waals surface area contributed by atoms with Gasteiger partial charge in [-0.05, 0) is 67.2 Å². The lowest BCUT2D eigenvalue weighted by Crippen LogP contribution is -2.20. The second-order valence-electron chi connectivity index (χ2n) is 6.12. The van der Waals surface area contributed by atoms with Crippen molar-refractivity contribution in [2.75, 3.05) is 15.4 Å². The molecule has 0 spiro atoms. The van der Waals surface area contributed by atoms with Gasteiger partial charge in [-0.2, -0.15) is 0 Å². The van der Waals surface area contributed by atoms with Gasteiger partial charge in [0.15, 0.2) is 5.11 Å². The Hall–Kier alpha value is -3.57. The summed E-state index contributed by atoms with van der Waals surface area (Å²) in [4.78, 5) is 18.8. The molecule has 0 radical (unpaired) electrons. The van der Waals surface area contributed by atoms with Crippen LogP contribution in [0.2, 0.25) is 0 Å². The van der Waals surface area contributed by atoms with Gasteiger partial charge in [-0.3, -0.25) is 0 Å². The number of aromatic nitrogens is 2. The lowest BCUT2D eigenvalue weighted by Gasteiger charge is -2.13. The van der Waals surface area contributed by atoms with E-state index in [2.05, 4.69) is 25.3 Å². The molecule has 0 saturated carbocycles. The van der Waals surface area contributed by atoms with Crippen LogP contribution in [0.25, 0.3) is 0 Å². The Kier molecular flexibility index (Phi) is 6.23. The number of thiocarbonyl (C=S) groups is 1. The molecule has 0 fully saturated rings. The average molecular weight is 444 g/mol. The number of carboxylic acid groups (broad SMARTS) is 1. The third-order valence-corrected chi connectivity index (χ3v) is 5.49. The Balaban J connectivity index is 1.68. The molecule has 30 heavy (non-hydrogen) atoms. The minimum atomic E-state index is -3.83. The Morgan fingerprint density at radius 1 is 1.03 bits per heavy atom. The Bertz CT molecular complexity index is 1180. The van der Waals surface area contributed by atoms with E-state index in [1.165, 1.54) is 36.7 Å². The van der Waals surface area contributed by atoms with E-state index in [1.807, 2.05) is 6.92 Å². The van der Waals surface area contributed by atoms with Gasteiger partial charge in [0, 0.05) is 23.8 Å². The summed E-state index contributed by atoms with van der Waals surface area (Å²) in [5.41, 5.74) is 2.06. The molecule has 11 heteroatoms. The van der Waals surface area contributed by atoms with Gasteiger partial charge >= 0.3 is 5.97 Å². The molecular weight excluding hydrogens is 426 g/mol. The number of nitrogens with one attached hydrogen (secondary N) is 3. The second-order valence-corrected chi connectivity index (χ2v) is 8.21. The van der Waals surface area contributed by atoms with Crippen molar-refractivity contribution in [3.05, 3.63) is 72.1 Å². The SMILES string of the molecule is Cc1ccc(C(=O)O)cc1NC(=S)Nc1ccc(S(=O)(=O)Nc2ncccn2)cc1. The van der Waals surface area contributed by atoms with E-state index in [-0.39, 0.29) is 21.5 Å². The molecule has 4 N–H and O–H groups in total. The standard InChI is InChI=1S/C19H17N5O4S2/c1-12-3-4-13(17(25)26)11-16(12)23-19(29)22-14-5-7-15(8-6-14)30(27,28)24-18-20-9-2-10-21-18/h2-11H,1H3,(H,25,26)(H,20,21,24)(H2,22,23,29). The van der Waals surface area contributed by atoms with Crippen LogP contribution in [0.5, 0.6) is 0 Å². The highest BCUT2D eigenvalue weighted by molar-refractivity contribution is 7.92. The van der Waals surface area contributed by atoms with Crippen LogP contribution in [-0.2, 0) is 10.0 Å². The fourth-order valence-corrected chi connectivity index (χ4v) is 3.61. The van der Waals surface area contributed by atoms with Gasteiger partial charge in [0.2, 0.25) is 5.95 Å². The topological polar surface area (TPSA) is 133 Å². The molecule has 0 aliphatic carbocycles. The molecule has 2 aromatic carbocycles. The summed E-state index contributed by atoms with van der Waals surface area (Å²) < 4.78 is 27.1. The molecule has 0 unspecified atom stereocenters. The van der Waals surface area contributed by atoms with Crippen molar-refractivity contribution in [1.29, 1.82) is 0 Å². The Morgan fingerprint density at radius 3 is 2.33 bits per heavy atom. The van der Waals surface area contributed by atoms with Crippen LogP contribution in [0.1, 0.15) is 15.9 Å². The minimum Gasteiger partial charge on any atom is -0.478 e. The van der Waals surface area contributed by atoms with Gasteiger partial charge in [-0.1, -0.05) is 6.07 Å². The van der Waals surface area contributed by atoms with Crippen LogP contribution in [0, 0.1) is 6.92 Å². The monoisotopic (exact) mass is 443 g/mol. The van der Waals surface area contributed by atoms with Gasteiger partial charge in [0.25, 0.3) is 10.0 Å². The summed E-state index contributed by atoms with van der Waals surface area (Å²) >= 11 is 5.26. The van der Waals surface area contributed by atoms with Crippen molar-refractivity contribution >= 4 is 50.6 Å². The van der Waals surface area contributed by atoms with Gasteiger partial charge in [0.05, 0.1) is 10.5 Å². The van der Waals surface area contributed by atoms with E-state index < -0.39 is 16.0 Å². The second kappa shape index (κ2) is 8.84. The minimum absolute atomic E-state index is 0.0240. The molecule has 1 heterocycles. The number of aryl methyl sites for hydroxylation is 1. The third kappa shape index (κ3) is 5.27. The molecule has 0 amide bonds. The van der Waals surface area contributed by atoms with E-state index >= 15 is 0 Å². The summed E-state index contributed by atoms with van der Waals surface area (Å²) in [6, 6.07) is 12.2. The van der Waals surface area contributed by atoms with Gasteiger partial charge in [-0.25, -0.2) is 27.9 Å². The number of benzene rings is 2. The highest BCUT2D eigenvalue weighted by Crippen LogP contribution is 2.19. The van der Waals surface area contributed by atoms with Crippen molar-refractivity contribution < 1.29 is 18.3 Å². The Morgan fingerprint density at radius 2 is 1.70 bits per heavy atom. The van der Waals surface area contributed by atoms with Gasteiger partial charge in [-0.15, -0.1) is 0 Å². The van der Waals surface area contributed by atoms with E-state index in [0.717, 1.165) is 5.56 Å². The number of hydrogen-bond acceptors (Lipinski definition) is 6. The smallest absolute Gasteiger partial charge is 0.335 e. The van der Waals surface area contributed by atoms with E-state index in [4.69, 9.17) is 17.3 Å². The molecule has 0 atom stereocenters. The first-order chi connectivity index (χ1) is 14.2. The predicted octanol–water partition coefficient (Wildman–Crippen LogP) is 3.09. The number of nitrogens with zero attached hydrogens (tertiary/aromatic N) is 2. The molecule has 3 rings (SSSR count). The van der Waals surface area contributed by atoms with Crippen molar-refractivity contribution in [1.82, 2.24) is 9.97 Å². The summed E-state index contributed by atoms with van der Waals surface area (Å²) in [6.07, 6.45) is 2.86. The Labute approximate surface area is 178 Å². The fourth-order valence-electron chi connectivity index (χ4n) is 2.42. The number of rotatable bonds is 6. The quantitative estimate of drug-likeness (QED) is 0.424. The number of hydrogen-bond donors (Lipinski definition) is 4. The lowest BCUT2D eigenvalue weighted by atomic mass is 10.1. The lowest BCUT2D eigenvalue weighted by molar-refractivity contribution is 0.0697. The van der Waals surface area contributed by atoms with Crippen LogP contribution >= 0.6 is 12.2 Å². The summed E-state index contributed by atoms with van der Waals surface area (Å²) in [5.74, 6) is -1.06. The van der Waals surface area contributed by atoms with Crippen molar-refractivity contribution in [2.24, 2.45) is 0 Å². The normalized spacial score (nSPS) is 10.8. The fraction of sp³-hybridized carbons (Fsp3) is 0.0526. The summed E-state index contributed by atoms with van der Waals surface area (Å²) in [5, 5.41) is 15.2. The number of sulfonamides is 1. The molecule has 1 aromatic heterocycles. The molecule has 0 bridgehead atoms. The largest absolute Gasteiger partial charge is 0.478 e. The maximum atomic E-state index is 12.4.